The number of alkyl halides is 3. The summed E-state index contributed by atoms with van der Waals surface area (Å²) in [7, 11) is -7.57. The first-order chi connectivity index (χ1) is 12.5. The summed E-state index contributed by atoms with van der Waals surface area (Å²) in [6.07, 6.45) is -2.42. The smallest absolute Gasteiger partial charge is 0.212 e. The Morgan fingerprint density at radius 1 is 0.963 bits per heavy atom. The molecule has 2 rings (SSSR count). The summed E-state index contributed by atoms with van der Waals surface area (Å²) in [4.78, 5) is -0.448. The largest absolute Gasteiger partial charge is 0.416 e. The van der Waals surface area contributed by atoms with E-state index in [9.17, 15) is 30.0 Å². The highest BCUT2D eigenvalue weighted by atomic mass is 32.2. The molecule has 0 aliphatic carbocycles. The van der Waals surface area contributed by atoms with Crippen molar-refractivity contribution in [2.24, 2.45) is 0 Å². The SMILES string of the molecule is CCCCCS(=O)(=O)N1CCN(S(=O)(=O)c2cccc(C(F)(F)F)c2)CC1. The highest BCUT2D eigenvalue weighted by molar-refractivity contribution is 7.89. The number of benzene rings is 1. The molecule has 27 heavy (non-hydrogen) atoms. The fraction of sp³-hybridized carbons (Fsp3) is 0.625. The normalized spacial score (nSPS) is 17.9. The van der Waals surface area contributed by atoms with Crippen LogP contribution < -0.4 is 0 Å². The van der Waals surface area contributed by atoms with Gasteiger partial charge in [-0.05, 0) is 24.6 Å². The zero-order valence-electron chi connectivity index (χ0n) is 14.9. The van der Waals surface area contributed by atoms with Gasteiger partial charge in [-0.3, -0.25) is 0 Å². The van der Waals surface area contributed by atoms with E-state index in [0.717, 1.165) is 35.3 Å². The summed E-state index contributed by atoms with van der Waals surface area (Å²) >= 11 is 0. The lowest BCUT2D eigenvalue weighted by Crippen LogP contribution is -2.50. The Kier molecular flexibility index (Phi) is 6.93. The van der Waals surface area contributed by atoms with E-state index in [4.69, 9.17) is 0 Å². The predicted octanol–water partition coefficient (Wildman–Crippen LogP) is 2.53. The van der Waals surface area contributed by atoms with Crippen LogP contribution in [0.2, 0.25) is 0 Å². The third kappa shape index (κ3) is 5.43. The minimum absolute atomic E-state index is 0.00729. The summed E-state index contributed by atoms with van der Waals surface area (Å²) in [6, 6.07) is 3.56. The van der Waals surface area contributed by atoms with Gasteiger partial charge < -0.3 is 0 Å². The van der Waals surface area contributed by atoms with Gasteiger partial charge in [-0.1, -0.05) is 25.8 Å². The second-order valence-corrected chi connectivity index (χ2v) is 10.4. The van der Waals surface area contributed by atoms with Crippen molar-refractivity contribution >= 4 is 20.0 Å². The molecule has 1 aliphatic rings. The van der Waals surface area contributed by atoms with Crippen molar-refractivity contribution in [3.05, 3.63) is 29.8 Å². The van der Waals surface area contributed by atoms with Gasteiger partial charge in [-0.2, -0.15) is 21.8 Å². The second kappa shape index (κ2) is 8.46. The maximum atomic E-state index is 12.8. The number of hydrogen-bond acceptors (Lipinski definition) is 4. The summed E-state index contributed by atoms with van der Waals surface area (Å²) < 4.78 is 90.6. The Hall–Kier alpha value is -1.17. The van der Waals surface area contributed by atoms with E-state index in [-0.39, 0.29) is 31.9 Å². The maximum Gasteiger partial charge on any atom is 0.416 e. The highest BCUT2D eigenvalue weighted by Gasteiger charge is 2.35. The molecule has 154 valence electrons. The lowest BCUT2D eigenvalue weighted by atomic mass is 10.2. The summed E-state index contributed by atoms with van der Waals surface area (Å²) in [5.74, 6) is 0.0151. The molecule has 0 atom stereocenters. The Balaban J connectivity index is 2.09. The fourth-order valence-corrected chi connectivity index (χ4v) is 5.85. The molecule has 1 heterocycles. The van der Waals surface area contributed by atoms with Gasteiger partial charge in [0, 0.05) is 26.2 Å². The van der Waals surface area contributed by atoms with Crippen LogP contribution in [0.25, 0.3) is 0 Å². The average molecular weight is 428 g/mol. The van der Waals surface area contributed by atoms with Crippen LogP contribution in [-0.2, 0) is 26.2 Å². The topological polar surface area (TPSA) is 74.8 Å². The van der Waals surface area contributed by atoms with Crippen LogP contribution in [0.5, 0.6) is 0 Å². The molecule has 1 fully saturated rings. The van der Waals surface area contributed by atoms with Gasteiger partial charge in [0.15, 0.2) is 0 Å². The van der Waals surface area contributed by atoms with E-state index in [1.807, 2.05) is 6.92 Å². The Morgan fingerprint density at radius 2 is 1.56 bits per heavy atom. The molecular formula is C16H23F3N2O4S2. The number of unbranched alkanes of at least 4 members (excludes halogenated alkanes) is 2. The molecule has 1 aliphatic heterocycles. The lowest BCUT2D eigenvalue weighted by molar-refractivity contribution is -0.137. The molecule has 0 aromatic heterocycles. The minimum Gasteiger partial charge on any atom is -0.212 e. The highest BCUT2D eigenvalue weighted by Crippen LogP contribution is 2.31. The van der Waals surface area contributed by atoms with Gasteiger partial charge in [0.05, 0.1) is 16.2 Å². The number of halogens is 3. The third-order valence-corrected chi connectivity index (χ3v) is 8.25. The van der Waals surface area contributed by atoms with Crippen molar-refractivity contribution in [1.82, 2.24) is 8.61 Å². The van der Waals surface area contributed by atoms with E-state index in [2.05, 4.69) is 0 Å². The van der Waals surface area contributed by atoms with Crippen LogP contribution in [0.1, 0.15) is 31.7 Å². The number of sulfonamides is 2. The molecule has 6 nitrogen and oxygen atoms in total. The molecule has 1 saturated heterocycles. The standard InChI is InChI=1S/C16H23F3N2O4S2/c1-2-3-4-12-26(22,23)20-8-10-21(11-9-20)27(24,25)15-7-5-6-14(13-15)16(17,18)19/h5-7,13H,2-4,8-12H2,1H3. The monoisotopic (exact) mass is 428 g/mol. The number of hydrogen-bond donors (Lipinski definition) is 0. The van der Waals surface area contributed by atoms with Crippen LogP contribution in [0.4, 0.5) is 13.2 Å². The molecule has 0 saturated carbocycles. The first kappa shape index (κ1) is 22.1. The van der Waals surface area contributed by atoms with Crippen LogP contribution in [0.15, 0.2) is 29.2 Å². The molecular weight excluding hydrogens is 405 g/mol. The lowest BCUT2D eigenvalue weighted by Gasteiger charge is -2.33. The van der Waals surface area contributed by atoms with Crippen molar-refractivity contribution < 1.29 is 30.0 Å². The van der Waals surface area contributed by atoms with Crippen LogP contribution in [0, 0.1) is 0 Å². The van der Waals surface area contributed by atoms with Gasteiger partial charge >= 0.3 is 6.18 Å². The molecule has 0 spiro atoms. The first-order valence-electron chi connectivity index (χ1n) is 8.63. The average Bonchev–Trinajstić information content (AvgIpc) is 2.61. The van der Waals surface area contributed by atoms with Gasteiger partial charge in [0.1, 0.15) is 0 Å². The third-order valence-electron chi connectivity index (χ3n) is 4.40. The maximum absolute atomic E-state index is 12.8. The molecule has 11 heteroatoms. The van der Waals surface area contributed by atoms with Crippen molar-refractivity contribution in [2.75, 3.05) is 31.9 Å². The van der Waals surface area contributed by atoms with Crippen molar-refractivity contribution in [2.45, 2.75) is 37.3 Å². The molecule has 0 N–H and O–H groups in total. The minimum atomic E-state index is -4.64. The van der Waals surface area contributed by atoms with E-state index in [0.29, 0.717) is 12.5 Å². The van der Waals surface area contributed by atoms with Gasteiger partial charge in [0.2, 0.25) is 20.0 Å². The van der Waals surface area contributed by atoms with E-state index in [1.165, 1.54) is 4.31 Å². The quantitative estimate of drug-likeness (QED) is 0.626. The first-order valence-corrected chi connectivity index (χ1v) is 11.7. The zero-order chi connectivity index (χ0) is 20.3. The Morgan fingerprint density at radius 3 is 2.11 bits per heavy atom. The molecule has 0 unspecified atom stereocenters. The Labute approximate surface area is 158 Å². The van der Waals surface area contributed by atoms with Gasteiger partial charge in [-0.15, -0.1) is 0 Å². The predicted molar refractivity (Wildman–Crippen MR) is 95.1 cm³/mol. The molecule has 0 bridgehead atoms. The van der Waals surface area contributed by atoms with Gasteiger partial charge in [0.25, 0.3) is 0 Å². The summed E-state index contributed by atoms with van der Waals surface area (Å²) in [5.41, 5.74) is -1.04. The van der Waals surface area contributed by atoms with Crippen LogP contribution in [-0.4, -0.2) is 57.4 Å². The van der Waals surface area contributed by atoms with Gasteiger partial charge in [-0.25, -0.2) is 16.8 Å². The molecule has 0 amide bonds. The summed E-state index contributed by atoms with van der Waals surface area (Å²) in [6.45, 7) is 1.76. The van der Waals surface area contributed by atoms with Crippen LogP contribution >= 0.6 is 0 Å². The Bertz CT molecular complexity index is 847. The molecule has 1 aromatic carbocycles. The second-order valence-electron chi connectivity index (χ2n) is 6.35. The van der Waals surface area contributed by atoms with E-state index < -0.39 is 36.7 Å². The molecule has 1 aromatic rings. The van der Waals surface area contributed by atoms with Crippen molar-refractivity contribution in [3.8, 4) is 0 Å². The number of rotatable bonds is 7. The van der Waals surface area contributed by atoms with Crippen molar-refractivity contribution in [3.63, 3.8) is 0 Å². The summed E-state index contributed by atoms with van der Waals surface area (Å²) in [5, 5.41) is 0. The van der Waals surface area contributed by atoms with Crippen molar-refractivity contribution in [1.29, 1.82) is 0 Å². The number of nitrogens with zero attached hydrogens (tertiary/aromatic N) is 2. The zero-order valence-corrected chi connectivity index (χ0v) is 16.6. The molecule has 0 radical (unpaired) electrons. The van der Waals surface area contributed by atoms with E-state index in [1.54, 1.807) is 0 Å². The fourth-order valence-electron chi connectivity index (χ4n) is 2.83. The number of piperazine rings is 1. The van der Waals surface area contributed by atoms with E-state index >= 15 is 0 Å². The van der Waals surface area contributed by atoms with Crippen LogP contribution in [0.3, 0.4) is 0 Å².